The van der Waals surface area contributed by atoms with Crippen LogP contribution in [0.25, 0.3) is 11.0 Å². The van der Waals surface area contributed by atoms with Crippen LogP contribution in [0.1, 0.15) is 21.7 Å². The molecule has 0 saturated carbocycles. The molecule has 0 bridgehead atoms. The quantitative estimate of drug-likeness (QED) is 0.519. The second kappa shape index (κ2) is 8.41. The standard InChI is InChI=1S/C22H18ClFN4O/c23-17-4-3-5-18(24)16(17)14-28-20-7-2-1-6-19(20)27-21(28)10-13-26-22(29)15-8-11-25-12-9-15/h1-9,11-12H,10,13-14H2,(H,26,29). The van der Waals surface area contributed by atoms with E-state index in [9.17, 15) is 9.18 Å². The fourth-order valence-electron chi connectivity index (χ4n) is 3.23. The van der Waals surface area contributed by atoms with Gasteiger partial charge in [0.1, 0.15) is 11.6 Å². The lowest BCUT2D eigenvalue weighted by Gasteiger charge is -2.12. The zero-order chi connectivity index (χ0) is 20.2. The number of fused-ring (bicyclic) bond motifs is 1. The molecule has 0 saturated heterocycles. The van der Waals surface area contributed by atoms with Crippen LogP contribution in [0.5, 0.6) is 0 Å². The van der Waals surface area contributed by atoms with Crippen molar-refractivity contribution in [3.05, 3.63) is 94.8 Å². The highest BCUT2D eigenvalue weighted by molar-refractivity contribution is 6.31. The van der Waals surface area contributed by atoms with Crippen LogP contribution in [0.15, 0.2) is 67.0 Å². The highest BCUT2D eigenvalue weighted by atomic mass is 35.5. The monoisotopic (exact) mass is 408 g/mol. The molecule has 29 heavy (non-hydrogen) atoms. The molecule has 2 heterocycles. The fourth-order valence-corrected chi connectivity index (χ4v) is 3.45. The van der Waals surface area contributed by atoms with Crippen molar-refractivity contribution in [2.45, 2.75) is 13.0 Å². The predicted octanol–water partition coefficient (Wildman–Crippen LogP) is 4.24. The number of amides is 1. The molecule has 0 aliphatic heterocycles. The molecule has 1 N–H and O–H groups in total. The number of carbonyl (C=O) groups is 1. The molecule has 4 rings (SSSR count). The Morgan fingerprint density at radius 3 is 2.66 bits per heavy atom. The number of nitrogens with one attached hydrogen (secondary N) is 1. The lowest BCUT2D eigenvalue weighted by Crippen LogP contribution is -2.26. The molecule has 0 aliphatic rings. The number of benzene rings is 2. The summed E-state index contributed by atoms with van der Waals surface area (Å²) in [5.41, 5.74) is 2.67. The van der Waals surface area contributed by atoms with Crippen LogP contribution in [-0.4, -0.2) is 27.0 Å². The Hall–Kier alpha value is -3.25. The number of nitrogens with zero attached hydrogens (tertiary/aromatic N) is 3. The van der Waals surface area contributed by atoms with Crippen LogP contribution in [0.3, 0.4) is 0 Å². The number of rotatable bonds is 6. The molecule has 2 aromatic heterocycles. The number of imidazole rings is 1. The predicted molar refractivity (Wildman–Crippen MR) is 111 cm³/mol. The van der Waals surface area contributed by atoms with Gasteiger partial charge >= 0.3 is 0 Å². The highest BCUT2D eigenvalue weighted by Gasteiger charge is 2.15. The van der Waals surface area contributed by atoms with Crippen molar-refractivity contribution in [1.29, 1.82) is 0 Å². The van der Waals surface area contributed by atoms with Gasteiger partial charge in [0.05, 0.1) is 17.6 Å². The highest BCUT2D eigenvalue weighted by Crippen LogP contribution is 2.24. The van der Waals surface area contributed by atoms with E-state index in [1.807, 2.05) is 28.8 Å². The molecule has 4 aromatic rings. The summed E-state index contributed by atoms with van der Waals surface area (Å²) in [4.78, 5) is 20.8. The van der Waals surface area contributed by atoms with E-state index >= 15 is 0 Å². The van der Waals surface area contributed by atoms with Crippen molar-refractivity contribution in [2.75, 3.05) is 6.54 Å². The third-order valence-electron chi connectivity index (χ3n) is 4.69. The van der Waals surface area contributed by atoms with Crippen molar-refractivity contribution in [3.63, 3.8) is 0 Å². The fraction of sp³-hybridized carbons (Fsp3) is 0.136. The van der Waals surface area contributed by atoms with Gasteiger partial charge in [0.15, 0.2) is 0 Å². The zero-order valence-corrected chi connectivity index (χ0v) is 16.2. The normalized spacial score (nSPS) is 11.0. The van der Waals surface area contributed by atoms with Gasteiger partial charge in [0.25, 0.3) is 5.91 Å². The minimum atomic E-state index is -0.354. The van der Waals surface area contributed by atoms with Crippen LogP contribution in [0.2, 0.25) is 5.02 Å². The first-order valence-corrected chi connectivity index (χ1v) is 9.56. The summed E-state index contributed by atoms with van der Waals surface area (Å²) in [7, 11) is 0. The summed E-state index contributed by atoms with van der Waals surface area (Å²) in [5.74, 6) is 0.222. The van der Waals surface area contributed by atoms with Gasteiger partial charge in [-0.25, -0.2) is 9.37 Å². The number of aromatic nitrogens is 3. The summed E-state index contributed by atoms with van der Waals surface area (Å²) in [5, 5.41) is 3.26. The van der Waals surface area contributed by atoms with Gasteiger partial charge in [0, 0.05) is 41.5 Å². The lowest BCUT2D eigenvalue weighted by molar-refractivity contribution is 0.0954. The Balaban J connectivity index is 1.58. The number of para-hydroxylation sites is 2. The maximum Gasteiger partial charge on any atom is 0.251 e. The summed E-state index contributed by atoms with van der Waals surface area (Å²) >= 11 is 6.23. The second-order valence-electron chi connectivity index (χ2n) is 6.54. The summed E-state index contributed by atoms with van der Waals surface area (Å²) in [6, 6.07) is 15.6. The molecular weight excluding hydrogens is 391 g/mol. The Labute approximate surface area is 172 Å². The van der Waals surface area contributed by atoms with Gasteiger partial charge in [-0.3, -0.25) is 9.78 Å². The molecular formula is C22H18ClFN4O. The van der Waals surface area contributed by atoms with E-state index in [1.54, 1.807) is 36.7 Å². The zero-order valence-electron chi connectivity index (χ0n) is 15.5. The van der Waals surface area contributed by atoms with Crippen LogP contribution in [-0.2, 0) is 13.0 Å². The lowest BCUT2D eigenvalue weighted by atomic mass is 10.2. The average molecular weight is 409 g/mol. The van der Waals surface area contributed by atoms with Crippen LogP contribution in [0.4, 0.5) is 4.39 Å². The molecule has 0 fully saturated rings. The minimum absolute atomic E-state index is 0.174. The number of hydrogen-bond donors (Lipinski definition) is 1. The molecule has 2 aromatic carbocycles. The SMILES string of the molecule is O=C(NCCc1nc2ccccc2n1Cc1c(F)cccc1Cl)c1ccncc1. The van der Waals surface area contributed by atoms with Crippen LogP contribution < -0.4 is 5.32 Å². The summed E-state index contributed by atoms with van der Waals surface area (Å²) in [6.45, 7) is 0.662. The Morgan fingerprint density at radius 1 is 1.07 bits per heavy atom. The van der Waals surface area contributed by atoms with Gasteiger partial charge in [0.2, 0.25) is 0 Å². The van der Waals surface area contributed by atoms with Crippen molar-refractivity contribution in [1.82, 2.24) is 19.9 Å². The van der Waals surface area contributed by atoms with E-state index in [4.69, 9.17) is 11.6 Å². The largest absolute Gasteiger partial charge is 0.352 e. The molecule has 0 aliphatic carbocycles. The van der Waals surface area contributed by atoms with Gasteiger partial charge in [-0.15, -0.1) is 0 Å². The maximum absolute atomic E-state index is 14.3. The summed E-state index contributed by atoms with van der Waals surface area (Å²) < 4.78 is 16.3. The van der Waals surface area contributed by atoms with E-state index in [2.05, 4.69) is 15.3 Å². The second-order valence-corrected chi connectivity index (χ2v) is 6.95. The van der Waals surface area contributed by atoms with Crippen molar-refractivity contribution in [3.8, 4) is 0 Å². The Kier molecular flexibility index (Phi) is 5.53. The van der Waals surface area contributed by atoms with Crippen LogP contribution >= 0.6 is 11.6 Å². The first kappa shape index (κ1) is 19.1. The number of carbonyl (C=O) groups excluding carboxylic acids is 1. The Bertz CT molecular complexity index is 1140. The molecule has 146 valence electrons. The molecule has 0 spiro atoms. The molecule has 0 unspecified atom stereocenters. The van der Waals surface area contributed by atoms with Crippen LogP contribution in [0, 0.1) is 5.82 Å². The van der Waals surface area contributed by atoms with E-state index in [0.29, 0.717) is 29.1 Å². The van der Waals surface area contributed by atoms with Crippen molar-refractivity contribution in [2.24, 2.45) is 0 Å². The number of halogens is 2. The molecule has 0 radical (unpaired) electrons. The van der Waals surface area contributed by atoms with Gasteiger partial charge in [-0.05, 0) is 36.4 Å². The Morgan fingerprint density at radius 2 is 1.86 bits per heavy atom. The molecule has 0 atom stereocenters. The van der Waals surface area contributed by atoms with Gasteiger partial charge in [-0.2, -0.15) is 0 Å². The minimum Gasteiger partial charge on any atom is -0.352 e. The first-order chi connectivity index (χ1) is 14.1. The third kappa shape index (κ3) is 4.12. The average Bonchev–Trinajstić information content (AvgIpc) is 3.08. The summed E-state index contributed by atoms with van der Waals surface area (Å²) in [6.07, 6.45) is 3.65. The van der Waals surface area contributed by atoms with E-state index in [1.165, 1.54) is 6.07 Å². The van der Waals surface area contributed by atoms with Gasteiger partial charge in [-0.1, -0.05) is 29.8 Å². The van der Waals surface area contributed by atoms with E-state index < -0.39 is 0 Å². The molecule has 7 heteroatoms. The third-order valence-corrected chi connectivity index (χ3v) is 5.04. The molecule has 1 amide bonds. The number of pyridine rings is 1. The van der Waals surface area contributed by atoms with Crippen molar-refractivity contribution < 1.29 is 9.18 Å². The van der Waals surface area contributed by atoms with Gasteiger partial charge < -0.3 is 9.88 Å². The van der Waals surface area contributed by atoms with E-state index in [-0.39, 0.29) is 18.3 Å². The number of hydrogen-bond acceptors (Lipinski definition) is 3. The molecule has 5 nitrogen and oxygen atoms in total. The topological polar surface area (TPSA) is 59.8 Å². The first-order valence-electron chi connectivity index (χ1n) is 9.19. The van der Waals surface area contributed by atoms with E-state index in [0.717, 1.165) is 16.9 Å². The smallest absolute Gasteiger partial charge is 0.251 e. The maximum atomic E-state index is 14.3. The van der Waals surface area contributed by atoms with Crippen molar-refractivity contribution >= 4 is 28.5 Å².